The molecule has 0 unspecified atom stereocenters. The third-order valence-corrected chi connectivity index (χ3v) is 3.22. The molecule has 18 heavy (non-hydrogen) atoms. The lowest BCUT2D eigenvalue weighted by atomic mass is 10.3. The van der Waals surface area contributed by atoms with Crippen molar-refractivity contribution < 1.29 is 0 Å². The zero-order valence-electron chi connectivity index (χ0n) is 9.32. The molecule has 3 heterocycles. The van der Waals surface area contributed by atoms with E-state index in [1.54, 1.807) is 29.9 Å². The standard InChI is InChI=1S/C12H9N5S/c1-2-9(6-13-4-1)7-16-17-12-11-10(3-5-18-11)14-8-15-12/h1-8H,(H,14,15,17). The van der Waals surface area contributed by atoms with Crippen molar-refractivity contribution in [1.29, 1.82) is 0 Å². The summed E-state index contributed by atoms with van der Waals surface area (Å²) in [7, 11) is 0. The van der Waals surface area contributed by atoms with Crippen molar-refractivity contribution >= 4 is 33.6 Å². The van der Waals surface area contributed by atoms with Gasteiger partial charge in [0.2, 0.25) is 0 Å². The van der Waals surface area contributed by atoms with Gasteiger partial charge in [-0.1, -0.05) is 6.07 Å². The first-order valence-electron chi connectivity index (χ1n) is 5.31. The normalized spacial score (nSPS) is 11.1. The highest BCUT2D eigenvalue weighted by atomic mass is 32.1. The first kappa shape index (κ1) is 10.8. The van der Waals surface area contributed by atoms with Crippen LogP contribution < -0.4 is 5.43 Å². The van der Waals surface area contributed by atoms with Crippen molar-refractivity contribution in [2.75, 3.05) is 5.43 Å². The maximum Gasteiger partial charge on any atom is 0.167 e. The highest BCUT2D eigenvalue weighted by Gasteiger charge is 2.02. The van der Waals surface area contributed by atoms with Gasteiger partial charge in [0.25, 0.3) is 0 Å². The Kier molecular flexibility index (Phi) is 2.93. The Labute approximate surface area is 107 Å². The second-order valence-electron chi connectivity index (χ2n) is 3.51. The van der Waals surface area contributed by atoms with E-state index in [0.29, 0.717) is 0 Å². The van der Waals surface area contributed by atoms with Crippen LogP contribution in [-0.4, -0.2) is 21.2 Å². The number of rotatable bonds is 3. The van der Waals surface area contributed by atoms with Crippen LogP contribution in [0.4, 0.5) is 5.82 Å². The van der Waals surface area contributed by atoms with Gasteiger partial charge in [-0.2, -0.15) is 5.10 Å². The summed E-state index contributed by atoms with van der Waals surface area (Å²) in [5, 5.41) is 6.12. The van der Waals surface area contributed by atoms with Gasteiger partial charge in [0.1, 0.15) is 6.33 Å². The summed E-state index contributed by atoms with van der Waals surface area (Å²) < 4.78 is 1.00. The van der Waals surface area contributed by atoms with E-state index in [-0.39, 0.29) is 0 Å². The molecule has 88 valence electrons. The molecule has 6 heteroatoms. The lowest BCUT2D eigenvalue weighted by Crippen LogP contribution is -1.94. The Morgan fingerprint density at radius 1 is 1.28 bits per heavy atom. The Balaban J connectivity index is 1.81. The summed E-state index contributed by atoms with van der Waals surface area (Å²) in [6.07, 6.45) is 6.70. The van der Waals surface area contributed by atoms with Crippen LogP contribution in [0.2, 0.25) is 0 Å². The Morgan fingerprint density at radius 3 is 3.17 bits per heavy atom. The van der Waals surface area contributed by atoms with E-state index in [0.717, 1.165) is 21.6 Å². The van der Waals surface area contributed by atoms with E-state index in [9.17, 15) is 0 Å². The summed E-state index contributed by atoms with van der Waals surface area (Å²) in [6.45, 7) is 0. The SMILES string of the molecule is C(=NNc1ncnc2ccsc12)c1cccnc1. The number of hydrazone groups is 1. The van der Waals surface area contributed by atoms with Crippen LogP contribution in [0.5, 0.6) is 0 Å². The average Bonchev–Trinajstić information content (AvgIpc) is 2.89. The molecular formula is C12H9N5S. The summed E-state index contributed by atoms with van der Waals surface area (Å²) in [5.41, 5.74) is 4.78. The molecule has 5 nitrogen and oxygen atoms in total. The summed E-state index contributed by atoms with van der Waals surface area (Å²) in [5.74, 6) is 0.718. The van der Waals surface area contributed by atoms with Gasteiger partial charge in [0.05, 0.1) is 16.4 Å². The molecule has 0 saturated carbocycles. The van der Waals surface area contributed by atoms with Crippen LogP contribution in [0.25, 0.3) is 10.2 Å². The van der Waals surface area contributed by atoms with Gasteiger partial charge >= 0.3 is 0 Å². The highest BCUT2D eigenvalue weighted by Crippen LogP contribution is 2.24. The molecule has 3 aromatic heterocycles. The maximum absolute atomic E-state index is 4.17. The molecule has 1 N–H and O–H groups in total. The minimum atomic E-state index is 0.718. The third kappa shape index (κ3) is 2.18. The van der Waals surface area contributed by atoms with Crippen molar-refractivity contribution in [3.63, 3.8) is 0 Å². The molecule has 0 bridgehead atoms. The number of fused-ring (bicyclic) bond motifs is 1. The van der Waals surface area contributed by atoms with Gasteiger partial charge in [-0.3, -0.25) is 10.4 Å². The van der Waals surface area contributed by atoms with E-state index in [1.165, 1.54) is 6.33 Å². The Morgan fingerprint density at radius 2 is 2.28 bits per heavy atom. The number of hydrogen-bond donors (Lipinski definition) is 1. The third-order valence-electron chi connectivity index (χ3n) is 2.31. The molecule has 0 saturated heterocycles. The molecule has 0 aromatic carbocycles. The molecule has 3 aromatic rings. The predicted molar refractivity (Wildman–Crippen MR) is 72.9 cm³/mol. The fraction of sp³-hybridized carbons (Fsp3) is 0. The monoisotopic (exact) mass is 255 g/mol. The predicted octanol–water partition coefficient (Wildman–Crippen LogP) is 2.53. The first-order valence-corrected chi connectivity index (χ1v) is 6.19. The van der Waals surface area contributed by atoms with E-state index in [2.05, 4.69) is 25.5 Å². The minimum Gasteiger partial charge on any atom is -0.264 e. The van der Waals surface area contributed by atoms with Crippen LogP contribution in [0.1, 0.15) is 5.56 Å². The highest BCUT2D eigenvalue weighted by molar-refractivity contribution is 7.17. The van der Waals surface area contributed by atoms with Crippen molar-refractivity contribution in [2.24, 2.45) is 5.10 Å². The van der Waals surface area contributed by atoms with E-state index >= 15 is 0 Å². The quantitative estimate of drug-likeness (QED) is 0.577. The van der Waals surface area contributed by atoms with Gasteiger partial charge < -0.3 is 0 Å². The number of pyridine rings is 1. The van der Waals surface area contributed by atoms with Crippen molar-refractivity contribution in [2.45, 2.75) is 0 Å². The molecule has 0 radical (unpaired) electrons. The van der Waals surface area contributed by atoms with Crippen LogP contribution in [0, 0.1) is 0 Å². The Bertz CT molecular complexity index is 677. The van der Waals surface area contributed by atoms with E-state index in [1.807, 2.05) is 23.6 Å². The number of thiophene rings is 1. The van der Waals surface area contributed by atoms with E-state index in [4.69, 9.17) is 0 Å². The zero-order valence-corrected chi connectivity index (χ0v) is 10.1. The lowest BCUT2D eigenvalue weighted by molar-refractivity contribution is 1.19. The topological polar surface area (TPSA) is 63.1 Å². The zero-order chi connectivity index (χ0) is 12.2. The molecule has 0 atom stereocenters. The molecule has 3 rings (SSSR count). The minimum absolute atomic E-state index is 0.718. The first-order chi connectivity index (χ1) is 8.93. The molecule has 0 aliphatic heterocycles. The number of nitrogens with zero attached hydrogens (tertiary/aromatic N) is 4. The fourth-order valence-electron chi connectivity index (χ4n) is 1.49. The Hall–Kier alpha value is -2.34. The fourth-order valence-corrected chi connectivity index (χ4v) is 2.27. The van der Waals surface area contributed by atoms with Crippen molar-refractivity contribution in [1.82, 2.24) is 15.0 Å². The second-order valence-corrected chi connectivity index (χ2v) is 4.43. The maximum atomic E-state index is 4.17. The van der Waals surface area contributed by atoms with Crippen LogP contribution in [0.15, 0.2) is 47.4 Å². The molecule has 0 aliphatic rings. The largest absolute Gasteiger partial charge is 0.264 e. The summed E-state index contributed by atoms with van der Waals surface area (Å²) >= 11 is 1.59. The van der Waals surface area contributed by atoms with Crippen molar-refractivity contribution in [3.8, 4) is 0 Å². The van der Waals surface area contributed by atoms with Crippen LogP contribution in [-0.2, 0) is 0 Å². The molecule has 0 aliphatic carbocycles. The number of nitrogens with one attached hydrogen (secondary N) is 1. The lowest BCUT2D eigenvalue weighted by Gasteiger charge is -1.99. The van der Waals surface area contributed by atoms with Gasteiger partial charge in [-0.05, 0) is 17.5 Å². The molecule has 0 fully saturated rings. The molecule has 0 amide bonds. The second kappa shape index (κ2) is 4.89. The number of anilines is 1. The van der Waals surface area contributed by atoms with Gasteiger partial charge in [-0.25, -0.2) is 9.97 Å². The van der Waals surface area contributed by atoms with Crippen molar-refractivity contribution in [3.05, 3.63) is 47.9 Å². The summed E-state index contributed by atoms with van der Waals surface area (Å²) in [4.78, 5) is 12.3. The smallest absolute Gasteiger partial charge is 0.167 e. The average molecular weight is 255 g/mol. The number of hydrogen-bond acceptors (Lipinski definition) is 6. The summed E-state index contributed by atoms with van der Waals surface area (Å²) in [6, 6.07) is 5.75. The molecular weight excluding hydrogens is 246 g/mol. The van der Waals surface area contributed by atoms with Crippen LogP contribution in [0.3, 0.4) is 0 Å². The molecule has 0 spiro atoms. The number of aromatic nitrogens is 3. The van der Waals surface area contributed by atoms with Gasteiger partial charge in [0.15, 0.2) is 5.82 Å². The van der Waals surface area contributed by atoms with E-state index < -0.39 is 0 Å². The van der Waals surface area contributed by atoms with Gasteiger partial charge in [0, 0.05) is 18.0 Å². The van der Waals surface area contributed by atoms with Crippen LogP contribution >= 0.6 is 11.3 Å². The van der Waals surface area contributed by atoms with Gasteiger partial charge in [-0.15, -0.1) is 11.3 Å².